The lowest BCUT2D eigenvalue weighted by Gasteiger charge is -2.09. The van der Waals surface area contributed by atoms with Gasteiger partial charge in [0.25, 0.3) is 5.91 Å². The number of nitrogens with zero attached hydrogens (tertiary/aromatic N) is 3. The van der Waals surface area contributed by atoms with Crippen molar-refractivity contribution in [1.82, 2.24) is 14.8 Å². The number of rotatable bonds is 6. The van der Waals surface area contributed by atoms with E-state index in [9.17, 15) is 4.79 Å². The Hall–Kier alpha value is -3.65. The average Bonchev–Trinajstić information content (AvgIpc) is 3.44. The predicted molar refractivity (Wildman–Crippen MR) is 112 cm³/mol. The highest BCUT2D eigenvalue weighted by molar-refractivity contribution is 7.13. The lowest BCUT2D eigenvalue weighted by Crippen LogP contribution is -2.12. The van der Waals surface area contributed by atoms with Gasteiger partial charge < -0.3 is 14.8 Å². The first-order valence-corrected chi connectivity index (χ1v) is 9.64. The number of carbonyl (C=O) groups excluding carboxylic acids is 1. The molecule has 0 aliphatic heterocycles. The molecule has 2 heterocycles. The zero-order valence-electron chi connectivity index (χ0n) is 15.8. The average molecular weight is 406 g/mol. The van der Waals surface area contributed by atoms with Gasteiger partial charge in [-0.3, -0.25) is 4.79 Å². The molecule has 4 rings (SSSR count). The van der Waals surface area contributed by atoms with Crippen LogP contribution in [-0.2, 0) is 0 Å². The number of aromatic nitrogens is 3. The van der Waals surface area contributed by atoms with Crippen molar-refractivity contribution in [2.24, 2.45) is 0 Å². The van der Waals surface area contributed by atoms with Gasteiger partial charge in [0.05, 0.1) is 26.1 Å². The maximum absolute atomic E-state index is 12.6. The number of amides is 1. The number of methoxy groups -OCH3 is 2. The number of nitrogens with one attached hydrogen (secondary N) is 1. The van der Waals surface area contributed by atoms with E-state index in [1.54, 1.807) is 48.7 Å². The Morgan fingerprint density at radius 2 is 1.79 bits per heavy atom. The second kappa shape index (κ2) is 8.15. The van der Waals surface area contributed by atoms with Crippen molar-refractivity contribution < 1.29 is 14.3 Å². The van der Waals surface area contributed by atoms with Gasteiger partial charge in [-0.1, -0.05) is 18.2 Å². The molecule has 0 radical (unpaired) electrons. The summed E-state index contributed by atoms with van der Waals surface area (Å²) in [6.07, 6.45) is 3.63. The summed E-state index contributed by atoms with van der Waals surface area (Å²) in [4.78, 5) is 17.1. The van der Waals surface area contributed by atoms with Crippen LogP contribution in [0.2, 0.25) is 0 Å². The molecule has 1 amide bonds. The van der Waals surface area contributed by atoms with Crippen LogP contribution in [0.4, 0.5) is 5.69 Å². The number of para-hydroxylation sites is 1. The van der Waals surface area contributed by atoms with Gasteiger partial charge >= 0.3 is 0 Å². The molecular weight excluding hydrogens is 388 g/mol. The molecule has 0 aliphatic carbocycles. The Morgan fingerprint density at radius 1 is 1.07 bits per heavy atom. The normalized spacial score (nSPS) is 10.6. The maximum atomic E-state index is 12.6. The molecule has 0 spiro atoms. The monoisotopic (exact) mass is 406 g/mol. The summed E-state index contributed by atoms with van der Waals surface area (Å²) in [5.41, 5.74) is 2.71. The molecule has 0 fully saturated rings. The fourth-order valence-corrected chi connectivity index (χ4v) is 3.52. The Balaban J connectivity index is 1.52. The zero-order chi connectivity index (χ0) is 20.2. The Bertz CT molecular complexity index is 1120. The minimum atomic E-state index is -0.307. The van der Waals surface area contributed by atoms with Crippen LogP contribution in [-0.4, -0.2) is 34.9 Å². The summed E-state index contributed by atoms with van der Waals surface area (Å²) >= 11 is 1.39. The molecule has 0 bridgehead atoms. The van der Waals surface area contributed by atoms with Gasteiger partial charge in [0.2, 0.25) is 0 Å². The van der Waals surface area contributed by atoms with E-state index in [1.165, 1.54) is 11.3 Å². The third-order valence-electron chi connectivity index (χ3n) is 4.20. The van der Waals surface area contributed by atoms with E-state index in [2.05, 4.69) is 15.4 Å². The first kappa shape index (κ1) is 18.7. The van der Waals surface area contributed by atoms with Crippen LogP contribution in [0.3, 0.4) is 0 Å². The molecule has 0 atom stereocenters. The second-order valence-electron chi connectivity index (χ2n) is 6.10. The van der Waals surface area contributed by atoms with Gasteiger partial charge in [-0.2, -0.15) is 5.10 Å². The van der Waals surface area contributed by atoms with E-state index < -0.39 is 0 Å². The molecule has 0 saturated carbocycles. The Labute approximate surface area is 171 Å². The highest BCUT2D eigenvalue weighted by Crippen LogP contribution is 2.27. The Morgan fingerprint density at radius 3 is 2.48 bits per heavy atom. The number of ether oxygens (including phenoxy) is 2. The first-order chi connectivity index (χ1) is 14.2. The SMILES string of the molecule is COc1cc(NC(=O)c2csc(-c3cnn(-c4ccccc4)c3)n2)cc(OC)c1. The largest absolute Gasteiger partial charge is 0.497 e. The van der Waals surface area contributed by atoms with Crippen LogP contribution in [0, 0.1) is 0 Å². The fourth-order valence-electron chi connectivity index (χ4n) is 2.74. The molecule has 1 N–H and O–H groups in total. The van der Waals surface area contributed by atoms with Crippen LogP contribution in [0.15, 0.2) is 66.3 Å². The van der Waals surface area contributed by atoms with Crippen LogP contribution in [0.5, 0.6) is 11.5 Å². The molecule has 2 aromatic heterocycles. The van der Waals surface area contributed by atoms with Crippen LogP contribution in [0.25, 0.3) is 16.3 Å². The molecule has 146 valence electrons. The van der Waals surface area contributed by atoms with Crippen LogP contribution < -0.4 is 14.8 Å². The van der Waals surface area contributed by atoms with E-state index in [0.717, 1.165) is 16.3 Å². The van der Waals surface area contributed by atoms with Crippen molar-refractivity contribution in [2.45, 2.75) is 0 Å². The second-order valence-corrected chi connectivity index (χ2v) is 6.96. The zero-order valence-corrected chi connectivity index (χ0v) is 16.6. The fraction of sp³-hybridized carbons (Fsp3) is 0.0952. The molecule has 4 aromatic rings. The number of hydrogen-bond donors (Lipinski definition) is 1. The van der Waals surface area contributed by atoms with E-state index in [4.69, 9.17) is 9.47 Å². The summed E-state index contributed by atoms with van der Waals surface area (Å²) in [5, 5.41) is 9.65. The van der Waals surface area contributed by atoms with Gasteiger partial charge in [0, 0.05) is 41.0 Å². The van der Waals surface area contributed by atoms with E-state index in [-0.39, 0.29) is 5.91 Å². The molecule has 7 nitrogen and oxygen atoms in total. The molecule has 0 saturated heterocycles. The standard InChI is InChI=1S/C21H18N4O3S/c1-27-17-8-15(9-18(10-17)28-2)23-20(26)19-13-29-21(24-19)14-11-22-25(12-14)16-6-4-3-5-7-16/h3-13H,1-2H3,(H,23,26). The third-order valence-corrected chi connectivity index (χ3v) is 5.09. The minimum absolute atomic E-state index is 0.307. The number of carbonyl (C=O) groups is 1. The van der Waals surface area contributed by atoms with Gasteiger partial charge in [0.1, 0.15) is 22.2 Å². The van der Waals surface area contributed by atoms with E-state index in [1.807, 2.05) is 36.5 Å². The van der Waals surface area contributed by atoms with Crippen molar-refractivity contribution in [3.8, 4) is 27.8 Å². The van der Waals surface area contributed by atoms with E-state index >= 15 is 0 Å². The highest BCUT2D eigenvalue weighted by Gasteiger charge is 2.14. The summed E-state index contributed by atoms with van der Waals surface area (Å²) in [7, 11) is 3.12. The third kappa shape index (κ3) is 4.12. The summed E-state index contributed by atoms with van der Waals surface area (Å²) < 4.78 is 12.2. The first-order valence-electron chi connectivity index (χ1n) is 8.76. The van der Waals surface area contributed by atoms with E-state index in [0.29, 0.717) is 22.9 Å². The molecular formula is C21H18N4O3S. The molecule has 0 aliphatic rings. The topological polar surface area (TPSA) is 78.3 Å². The molecule has 29 heavy (non-hydrogen) atoms. The highest BCUT2D eigenvalue weighted by atomic mass is 32.1. The number of anilines is 1. The van der Waals surface area contributed by atoms with Gasteiger partial charge in [0.15, 0.2) is 0 Å². The van der Waals surface area contributed by atoms with Crippen molar-refractivity contribution in [2.75, 3.05) is 19.5 Å². The van der Waals surface area contributed by atoms with Gasteiger partial charge in [-0.15, -0.1) is 11.3 Å². The molecule has 0 unspecified atom stereocenters. The quantitative estimate of drug-likeness (QED) is 0.517. The van der Waals surface area contributed by atoms with Gasteiger partial charge in [-0.05, 0) is 12.1 Å². The van der Waals surface area contributed by atoms with Crippen molar-refractivity contribution in [3.05, 3.63) is 72.0 Å². The smallest absolute Gasteiger partial charge is 0.275 e. The molecule has 2 aromatic carbocycles. The van der Waals surface area contributed by atoms with Crippen molar-refractivity contribution >= 4 is 22.9 Å². The maximum Gasteiger partial charge on any atom is 0.275 e. The summed E-state index contributed by atoms with van der Waals surface area (Å²) in [6, 6.07) is 15.0. The minimum Gasteiger partial charge on any atom is -0.497 e. The van der Waals surface area contributed by atoms with Gasteiger partial charge in [-0.25, -0.2) is 9.67 Å². The van der Waals surface area contributed by atoms with Crippen molar-refractivity contribution in [3.63, 3.8) is 0 Å². The number of benzene rings is 2. The Kier molecular flexibility index (Phi) is 5.26. The summed E-state index contributed by atoms with van der Waals surface area (Å²) in [5.74, 6) is 0.872. The number of thiazole rings is 1. The lowest BCUT2D eigenvalue weighted by molar-refractivity contribution is 0.102. The summed E-state index contributed by atoms with van der Waals surface area (Å²) in [6.45, 7) is 0. The molecule has 8 heteroatoms. The van der Waals surface area contributed by atoms with Crippen LogP contribution >= 0.6 is 11.3 Å². The number of hydrogen-bond acceptors (Lipinski definition) is 6. The predicted octanol–water partition coefficient (Wildman–Crippen LogP) is 4.27. The van der Waals surface area contributed by atoms with Crippen LogP contribution in [0.1, 0.15) is 10.5 Å². The van der Waals surface area contributed by atoms with Crippen molar-refractivity contribution in [1.29, 1.82) is 0 Å². The lowest BCUT2D eigenvalue weighted by atomic mass is 10.2.